The summed E-state index contributed by atoms with van der Waals surface area (Å²) in [5.41, 5.74) is 9.06. The van der Waals surface area contributed by atoms with Gasteiger partial charge in [0.1, 0.15) is 10.8 Å². The van der Waals surface area contributed by atoms with Crippen LogP contribution >= 0.6 is 12.2 Å². The first-order chi connectivity index (χ1) is 9.65. The number of benzene rings is 1. The number of hydrogen-bond acceptors (Lipinski definition) is 3. The molecule has 1 aromatic carbocycles. The van der Waals surface area contributed by atoms with Crippen molar-refractivity contribution in [2.45, 2.75) is 13.3 Å². The van der Waals surface area contributed by atoms with E-state index < -0.39 is 0 Å². The van der Waals surface area contributed by atoms with Crippen LogP contribution in [0.2, 0.25) is 0 Å². The molecule has 3 rings (SSSR count). The van der Waals surface area contributed by atoms with Gasteiger partial charge in [-0.2, -0.15) is 0 Å². The fourth-order valence-corrected chi connectivity index (χ4v) is 2.83. The van der Waals surface area contributed by atoms with Crippen molar-refractivity contribution < 1.29 is 0 Å². The molecule has 1 aliphatic rings. The molecular formula is C16H17N3S. The zero-order valence-electron chi connectivity index (χ0n) is 11.4. The fraction of sp³-hybridized carbons (Fsp3) is 0.250. The lowest BCUT2D eigenvalue weighted by molar-refractivity contribution is 0.560. The zero-order chi connectivity index (χ0) is 14.1. The van der Waals surface area contributed by atoms with Crippen molar-refractivity contribution in [1.29, 1.82) is 0 Å². The third-order valence-corrected chi connectivity index (χ3v) is 3.89. The maximum atomic E-state index is 5.62. The topological polar surface area (TPSA) is 42.1 Å². The number of hydrogen-bond donors (Lipinski definition) is 1. The van der Waals surface area contributed by atoms with Gasteiger partial charge in [-0.15, -0.1) is 0 Å². The van der Waals surface area contributed by atoms with Gasteiger partial charge in [-0.1, -0.05) is 37.3 Å². The Bertz CT molecular complexity index is 636. The lowest BCUT2D eigenvalue weighted by Gasteiger charge is -2.34. The second-order valence-electron chi connectivity index (χ2n) is 5.32. The van der Waals surface area contributed by atoms with Crippen LogP contribution in [0.1, 0.15) is 18.1 Å². The normalized spacial score (nSPS) is 17.6. The van der Waals surface area contributed by atoms with Crippen molar-refractivity contribution in [2.24, 2.45) is 11.7 Å². The number of nitrogens with two attached hydrogens (primary N) is 1. The van der Waals surface area contributed by atoms with Crippen LogP contribution in [0.15, 0.2) is 42.6 Å². The highest BCUT2D eigenvalue weighted by atomic mass is 32.1. The maximum absolute atomic E-state index is 5.62. The Morgan fingerprint density at radius 3 is 2.80 bits per heavy atom. The SMILES string of the molecule is CC1Cc2ccccc2N(c2ccc(C(N)=S)cn2)C1. The van der Waals surface area contributed by atoms with Crippen molar-refractivity contribution in [3.8, 4) is 0 Å². The molecule has 4 heteroatoms. The number of thiocarbonyl (C=S) groups is 1. The van der Waals surface area contributed by atoms with E-state index in [2.05, 4.69) is 41.1 Å². The molecule has 0 amide bonds. The third-order valence-electron chi connectivity index (χ3n) is 3.65. The summed E-state index contributed by atoms with van der Waals surface area (Å²) in [5, 5.41) is 0. The van der Waals surface area contributed by atoms with Gasteiger partial charge in [0.05, 0.1) is 0 Å². The number of rotatable bonds is 2. The maximum Gasteiger partial charge on any atom is 0.132 e. The zero-order valence-corrected chi connectivity index (χ0v) is 12.2. The predicted molar refractivity (Wildman–Crippen MR) is 86.4 cm³/mol. The van der Waals surface area contributed by atoms with E-state index in [-0.39, 0.29) is 0 Å². The standard InChI is InChI=1S/C16H17N3S/c1-11-8-12-4-2-3-5-14(12)19(10-11)15-7-6-13(9-18-15)16(17)20/h2-7,9,11H,8,10H2,1H3,(H2,17,20). The minimum Gasteiger partial charge on any atom is -0.389 e. The van der Waals surface area contributed by atoms with Crippen LogP contribution in [0.25, 0.3) is 0 Å². The molecule has 2 aromatic rings. The molecule has 1 atom stereocenters. The summed E-state index contributed by atoms with van der Waals surface area (Å²) in [4.78, 5) is 7.17. The molecule has 0 saturated heterocycles. The van der Waals surface area contributed by atoms with E-state index in [4.69, 9.17) is 18.0 Å². The van der Waals surface area contributed by atoms with Crippen molar-refractivity contribution in [3.05, 3.63) is 53.7 Å². The Morgan fingerprint density at radius 2 is 2.10 bits per heavy atom. The summed E-state index contributed by atoms with van der Waals surface area (Å²) in [6, 6.07) is 12.4. The molecule has 1 aromatic heterocycles. The smallest absolute Gasteiger partial charge is 0.132 e. The Morgan fingerprint density at radius 1 is 1.30 bits per heavy atom. The van der Waals surface area contributed by atoms with Gasteiger partial charge in [0.2, 0.25) is 0 Å². The minimum atomic E-state index is 0.386. The number of pyridine rings is 1. The number of para-hydroxylation sites is 1. The number of aromatic nitrogens is 1. The molecule has 1 aliphatic heterocycles. The van der Waals surface area contributed by atoms with Gasteiger partial charge in [-0.05, 0) is 36.1 Å². The highest BCUT2D eigenvalue weighted by Crippen LogP contribution is 2.34. The van der Waals surface area contributed by atoms with Gasteiger partial charge in [-0.3, -0.25) is 0 Å². The van der Waals surface area contributed by atoms with Crippen molar-refractivity contribution in [3.63, 3.8) is 0 Å². The van der Waals surface area contributed by atoms with Crippen molar-refractivity contribution in [2.75, 3.05) is 11.4 Å². The second-order valence-corrected chi connectivity index (χ2v) is 5.76. The summed E-state index contributed by atoms with van der Waals surface area (Å²) in [7, 11) is 0. The highest BCUT2D eigenvalue weighted by molar-refractivity contribution is 7.80. The number of fused-ring (bicyclic) bond motifs is 1. The minimum absolute atomic E-state index is 0.386. The summed E-state index contributed by atoms with van der Waals surface area (Å²) >= 11 is 4.97. The molecule has 20 heavy (non-hydrogen) atoms. The molecule has 0 aliphatic carbocycles. The van der Waals surface area contributed by atoms with E-state index >= 15 is 0 Å². The van der Waals surface area contributed by atoms with Crippen LogP contribution in [0.4, 0.5) is 11.5 Å². The van der Waals surface area contributed by atoms with Crippen LogP contribution in [-0.2, 0) is 6.42 Å². The first-order valence-electron chi connectivity index (χ1n) is 6.76. The summed E-state index contributed by atoms with van der Waals surface area (Å²) in [6.07, 6.45) is 2.87. The molecule has 2 heterocycles. The average molecular weight is 283 g/mol. The van der Waals surface area contributed by atoms with Gasteiger partial charge >= 0.3 is 0 Å². The average Bonchev–Trinajstić information content (AvgIpc) is 2.46. The molecule has 1 unspecified atom stereocenters. The van der Waals surface area contributed by atoms with Crippen molar-refractivity contribution in [1.82, 2.24) is 4.98 Å². The van der Waals surface area contributed by atoms with E-state index in [1.54, 1.807) is 6.20 Å². The lowest BCUT2D eigenvalue weighted by Crippen LogP contribution is -2.31. The Hall–Kier alpha value is -1.94. The van der Waals surface area contributed by atoms with Gasteiger partial charge in [-0.25, -0.2) is 4.98 Å². The Labute approximate surface area is 124 Å². The van der Waals surface area contributed by atoms with Gasteiger partial charge in [0.15, 0.2) is 0 Å². The van der Waals surface area contributed by atoms with E-state index in [1.807, 2.05) is 12.1 Å². The first kappa shape index (κ1) is 13.1. The highest BCUT2D eigenvalue weighted by Gasteiger charge is 2.23. The van der Waals surface area contributed by atoms with Crippen LogP contribution < -0.4 is 10.6 Å². The molecule has 0 radical (unpaired) electrons. The summed E-state index contributed by atoms with van der Waals surface area (Å²) in [6.45, 7) is 3.25. The van der Waals surface area contributed by atoms with Crippen LogP contribution in [0, 0.1) is 5.92 Å². The first-order valence-corrected chi connectivity index (χ1v) is 7.17. The molecular weight excluding hydrogens is 266 g/mol. The molecule has 0 bridgehead atoms. The molecule has 0 saturated carbocycles. The largest absolute Gasteiger partial charge is 0.389 e. The monoisotopic (exact) mass is 283 g/mol. The number of nitrogens with zero attached hydrogens (tertiary/aromatic N) is 2. The van der Waals surface area contributed by atoms with Gasteiger partial charge in [0.25, 0.3) is 0 Å². The fourth-order valence-electron chi connectivity index (χ4n) is 2.71. The molecule has 3 nitrogen and oxygen atoms in total. The quantitative estimate of drug-likeness (QED) is 0.860. The van der Waals surface area contributed by atoms with E-state index in [9.17, 15) is 0 Å². The van der Waals surface area contributed by atoms with Crippen LogP contribution in [-0.4, -0.2) is 16.5 Å². The predicted octanol–water partition coefficient (Wildman–Crippen LogP) is 3.05. The van der Waals surface area contributed by atoms with E-state index in [0.717, 1.165) is 24.3 Å². The molecule has 2 N–H and O–H groups in total. The van der Waals surface area contributed by atoms with Gasteiger partial charge in [0, 0.05) is 24.0 Å². The molecule has 0 fully saturated rings. The van der Waals surface area contributed by atoms with Crippen molar-refractivity contribution >= 4 is 28.7 Å². The number of anilines is 2. The van der Waals surface area contributed by atoms with Gasteiger partial charge < -0.3 is 10.6 Å². The van der Waals surface area contributed by atoms with E-state index in [0.29, 0.717) is 10.9 Å². The second kappa shape index (κ2) is 5.21. The molecule has 0 spiro atoms. The van der Waals surface area contributed by atoms with Crippen LogP contribution in [0.5, 0.6) is 0 Å². The summed E-state index contributed by atoms with van der Waals surface area (Å²) < 4.78 is 0. The summed E-state index contributed by atoms with van der Waals surface area (Å²) in [5.74, 6) is 1.56. The molecule has 102 valence electrons. The lowest BCUT2D eigenvalue weighted by atomic mass is 9.94. The van der Waals surface area contributed by atoms with Crippen LogP contribution in [0.3, 0.4) is 0 Å². The Kier molecular flexibility index (Phi) is 3.40. The van der Waals surface area contributed by atoms with E-state index in [1.165, 1.54) is 11.3 Å². The Balaban J connectivity index is 1.99. The third kappa shape index (κ3) is 2.39.